The van der Waals surface area contributed by atoms with Crippen LogP contribution in [0.25, 0.3) is 0 Å². The van der Waals surface area contributed by atoms with Gasteiger partial charge in [-0.15, -0.1) is 0 Å². The highest BCUT2D eigenvalue weighted by Gasteiger charge is 1.91. The number of likely N-dealkylation sites (N-methyl/N-ethyl adjacent to an activating group) is 1. The molecule has 0 bridgehead atoms. The molecule has 0 aromatic carbocycles. The van der Waals surface area contributed by atoms with Crippen molar-refractivity contribution in [2.24, 2.45) is 10.2 Å². The first-order valence-electron chi connectivity index (χ1n) is 2.74. The van der Waals surface area contributed by atoms with E-state index in [4.69, 9.17) is 0 Å². The van der Waals surface area contributed by atoms with E-state index in [-0.39, 0.29) is 0 Å². The Balaban J connectivity index is 3.10. The van der Waals surface area contributed by atoms with Crippen molar-refractivity contribution in [3.05, 3.63) is 0 Å². The normalized spacial score (nSPS) is 14.9. The highest BCUT2D eigenvalue weighted by Crippen LogP contribution is 1.79. The van der Waals surface area contributed by atoms with Crippen LogP contribution in [0.15, 0.2) is 10.2 Å². The predicted molar refractivity (Wildman–Crippen MR) is 34.2 cm³/mol. The van der Waals surface area contributed by atoms with Crippen molar-refractivity contribution in [3.8, 4) is 0 Å². The quantitative estimate of drug-likeness (QED) is 0.539. The van der Waals surface area contributed by atoms with Gasteiger partial charge in [0.2, 0.25) is 0 Å². The first-order chi connectivity index (χ1) is 3.81. The molecule has 1 N–H and O–H groups in total. The summed E-state index contributed by atoms with van der Waals surface area (Å²) in [5.41, 5.74) is 0. The van der Waals surface area contributed by atoms with Crippen LogP contribution >= 0.6 is 0 Å². The summed E-state index contributed by atoms with van der Waals surface area (Å²) in [5, 5.41) is 10.5. The van der Waals surface area contributed by atoms with E-state index in [1.54, 1.807) is 7.05 Å². The van der Waals surface area contributed by atoms with Gasteiger partial charge in [0.25, 0.3) is 0 Å². The van der Waals surface area contributed by atoms with E-state index in [0.29, 0.717) is 6.04 Å². The van der Waals surface area contributed by atoms with Crippen molar-refractivity contribution in [1.82, 2.24) is 5.32 Å². The van der Waals surface area contributed by atoms with Crippen LogP contribution in [0.5, 0.6) is 0 Å². The van der Waals surface area contributed by atoms with Crippen LogP contribution in [-0.2, 0) is 0 Å². The second kappa shape index (κ2) is 4.71. The van der Waals surface area contributed by atoms with E-state index in [2.05, 4.69) is 22.5 Å². The fraction of sp³-hybridized carbons (Fsp3) is 1.00. The summed E-state index contributed by atoms with van der Waals surface area (Å²) in [5.74, 6) is 0. The molecule has 48 valence electrons. The number of hydrogen-bond donors (Lipinski definition) is 1. The molecule has 0 aliphatic rings. The molecule has 0 saturated carbocycles. The molecule has 0 aliphatic carbocycles. The number of rotatable bonds is 3. The molecule has 8 heavy (non-hydrogen) atoms. The first-order valence-corrected chi connectivity index (χ1v) is 2.74. The van der Waals surface area contributed by atoms with E-state index in [9.17, 15) is 0 Å². The van der Waals surface area contributed by atoms with Gasteiger partial charge in [0, 0.05) is 13.1 Å². The molecule has 0 saturated heterocycles. The summed E-state index contributed by atoms with van der Waals surface area (Å²) < 4.78 is 0. The molecule has 3 heteroatoms. The molecule has 1 atom stereocenters. The number of nitrogens with zero attached hydrogens (tertiary/aromatic N) is 2. The lowest BCUT2D eigenvalue weighted by Crippen LogP contribution is -2.23. The van der Waals surface area contributed by atoms with Gasteiger partial charge in [-0.05, 0) is 14.0 Å². The van der Waals surface area contributed by atoms with Crippen molar-refractivity contribution in [2.75, 3.05) is 20.6 Å². The van der Waals surface area contributed by atoms with Crippen LogP contribution in [0.1, 0.15) is 6.92 Å². The van der Waals surface area contributed by atoms with Gasteiger partial charge in [-0.1, -0.05) is 0 Å². The van der Waals surface area contributed by atoms with Crippen molar-refractivity contribution >= 4 is 0 Å². The number of nitrogens with one attached hydrogen (secondary N) is 1. The van der Waals surface area contributed by atoms with Crippen LogP contribution in [0.3, 0.4) is 0 Å². The fourth-order valence-corrected chi connectivity index (χ4v) is 0.295. The summed E-state index contributed by atoms with van der Waals surface area (Å²) in [7, 11) is 3.60. The minimum absolute atomic E-state index is 0.443. The number of azo groups is 1. The third-order valence-electron chi connectivity index (χ3n) is 0.990. The third-order valence-corrected chi connectivity index (χ3v) is 0.990. The summed E-state index contributed by atoms with van der Waals surface area (Å²) in [6.45, 7) is 2.84. The zero-order valence-electron chi connectivity index (χ0n) is 5.68. The Morgan fingerprint density at radius 1 is 1.62 bits per heavy atom. The van der Waals surface area contributed by atoms with E-state index in [1.807, 2.05) is 7.05 Å². The fourth-order valence-electron chi connectivity index (χ4n) is 0.295. The Kier molecular flexibility index (Phi) is 4.45. The van der Waals surface area contributed by atoms with Crippen molar-refractivity contribution in [3.63, 3.8) is 0 Å². The maximum Gasteiger partial charge on any atom is 0.0749 e. The molecule has 0 aromatic rings. The Bertz CT molecular complexity index is 70.1. The molecule has 0 amide bonds. The molecule has 0 aromatic heterocycles. The topological polar surface area (TPSA) is 36.8 Å². The van der Waals surface area contributed by atoms with Crippen molar-refractivity contribution in [1.29, 1.82) is 0 Å². The number of hydrogen-bond acceptors (Lipinski definition) is 3. The molecule has 3 nitrogen and oxygen atoms in total. The predicted octanol–water partition coefficient (Wildman–Crippen LogP) is 0.676. The summed E-state index contributed by atoms with van der Waals surface area (Å²) in [6.07, 6.45) is 0. The molecule has 0 spiro atoms. The van der Waals surface area contributed by atoms with Gasteiger partial charge >= 0.3 is 0 Å². The highest BCUT2D eigenvalue weighted by atomic mass is 15.1. The molecular formula is C5H13N3. The Labute approximate surface area is 50.2 Å². The average molecular weight is 115 g/mol. The largest absolute Gasteiger partial charge is 0.315 e. The molecular weight excluding hydrogens is 102 g/mol. The van der Waals surface area contributed by atoms with Gasteiger partial charge < -0.3 is 5.32 Å². The lowest BCUT2D eigenvalue weighted by Gasteiger charge is -2.02. The van der Waals surface area contributed by atoms with Gasteiger partial charge in [-0.25, -0.2) is 0 Å². The highest BCUT2D eigenvalue weighted by molar-refractivity contribution is 4.56. The summed E-state index contributed by atoms with van der Waals surface area (Å²) in [4.78, 5) is 0. The van der Waals surface area contributed by atoms with Crippen molar-refractivity contribution < 1.29 is 0 Å². The molecule has 0 heterocycles. The SMILES string of the molecule is CN=NCC(C)NC. The Morgan fingerprint density at radius 3 is 2.62 bits per heavy atom. The molecule has 0 radical (unpaired) electrons. The minimum atomic E-state index is 0.443. The van der Waals surface area contributed by atoms with Gasteiger partial charge in [-0.2, -0.15) is 10.2 Å². The maximum atomic E-state index is 3.81. The Hall–Kier alpha value is -0.440. The van der Waals surface area contributed by atoms with E-state index < -0.39 is 0 Å². The van der Waals surface area contributed by atoms with Gasteiger partial charge in [-0.3, -0.25) is 0 Å². The summed E-state index contributed by atoms with van der Waals surface area (Å²) in [6, 6.07) is 0.443. The second-order valence-corrected chi connectivity index (χ2v) is 1.71. The van der Waals surface area contributed by atoms with Crippen LogP contribution in [0.4, 0.5) is 0 Å². The lowest BCUT2D eigenvalue weighted by atomic mass is 10.4. The van der Waals surface area contributed by atoms with Gasteiger partial charge in [0.15, 0.2) is 0 Å². The van der Waals surface area contributed by atoms with E-state index >= 15 is 0 Å². The monoisotopic (exact) mass is 115 g/mol. The third kappa shape index (κ3) is 3.74. The maximum absolute atomic E-state index is 3.81. The lowest BCUT2D eigenvalue weighted by molar-refractivity contribution is 0.608. The molecule has 0 fully saturated rings. The second-order valence-electron chi connectivity index (χ2n) is 1.71. The Morgan fingerprint density at radius 2 is 2.25 bits per heavy atom. The van der Waals surface area contributed by atoms with Crippen LogP contribution < -0.4 is 5.32 Å². The van der Waals surface area contributed by atoms with Gasteiger partial charge in [0.1, 0.15) is 0 Å². The average Bonchev–Trinajstić information content (AvgIpc) is 1.83. The van der Waals surface area contributed by atoms with Crippen LogP contribution in [0.2, 0.25) is 0 Å². The van der Waals surface area contributed by atoms with Crippen LogP contribution in [-0.4, -0.2) is 26.7 Å². The van der Waals surface area contributed by atoms with Crippen molar-refractivity contribution in [2.45, 2.75) is 13.0 Å². The molecule has 0 rings (SSSR count). The minimum Gasteiger partial charge on any atom is -0.315 e. The summed E-state index contributed by atoms with van der Waals surface area (Å²) >= 11 is 0. The smallest absolute Gasteiger partial charge is 0.0749 e. The standard InChI is InChI=1S/C5H13N3/c1-5(6-2)4-8-7-3/h5-6H,4H2,1-3H3. The zero-order chi connectivity index (χ0) is 6.41. The van der Waals surface area contributed by atoms with E-state index in [1.165, 1.54) is 0 Å². The van der Waals surface area contributed by atoms with E-state index in [0.717, 1.165) is 6.54 Å². The van der Waals surface area contributed by atoms with Gasteiger partial charge in [0.05, 0.1) is 6.54 Å². The molecule has 0 aliphatic heterocycles. The first kappa shape index (κ1) is 7.56. The zero-order valence-corrected chi connectivity index (χ0v) is 5.68. The molecule has 1 unspecified atom stereocenters. The van der Waals surface area contributed by atoms with Crippen LogP contribution in [0, 0.1) is 0 Å².